The molecule has 0 amide bonds. The van der Waals surface area contributed by atoms with Crippen LogP contribution in [-0.2, 0) is 9.53 Å². The van der Waals surface area contributed by atoms with Gasteiger partial charge in [0.2, 0.25) is 0 Å². The van der Waals surface area contributed by atoms with Gasteiger partial charge in [0.15, 0.2) is 0 Å². The van der Waals surface area contributed by atoms with Crippen molar-refractivity contribution >= 4 is 5.97 Å². The molecule has 0 N–H and O–H groups in total. The van der Waals surface area contributed by atoms with Gasteiger partial charge in [-0.3, -0.25) is 9.69 Å². The van der Waals surface area contributed by atoms with Gasteiger partial charge in [0.25, 0.3) is 0 Å². The summed E-state index contributed by atoms with van der Waals surface area (Å²) in [5.41, 5.74) is 0. The van der Waals surface area contributed by atoms with Gasteiger partial charge < -0.3 is 9.64 Å². The third-order valence-electron chi connectivity index (χ3n) is 3.99. The molecule has 2 atom stereocenters. The Morgan fingerprint density at radius 1 is 1.19 bits per heavy atom. The Hall–Kier alpha value is -0.610. The molecule has 0 aromatic rings. The summed E-state index contributed by atoms with van der Waals surface area (Å²) in [7, 11) is 3.66. The highest BCUT2D eigenvalue weighted by atomic mass is 16.5. The summed E-state index contributed by atoms with van der Waals surface area (Å²) in [4.78, 5) is 16.4. The zero-order chi connectivity index (χ0) is 11.5. The normalized spacial score (nSPS) is 32.9. The van der Waals surface area contributed by atoms with Gasteiger partial charge in [-0.05, 0) is 26.3 Å². The highest BCUT2D eigenvalue weighted by Gasteiger charge is 2.34. The van der Waals surface area contributed by atoms with Crippen molar-refractivity contribution in [1.82, 2.24) is 9.80 Å². The minimum atomic E-state index is -0.0170. The Morgan fingerprint density at radius 2 is 1.88 bits per heavy atom. The highest BCUT2D eigenvalue weighted by Crippen LogP contribution is 2.30. The Kier molecular flexibility index (Phi) is 3.82. The Balaban J connectivity index is 1.82. The van der Waals surface area contributed by atoms with E-state index in [1.54, 1.807) is 0 Å². The lowest BCUT2D eigenvalue weighted by atomic mass is 10.1. The largest absolute Gasteiger partial charge is 0.469 e. The fourth-order valence-electron chi connectivity index (χ4n) is 2.86. The number of rotatable bonds is 2. The number of hydrogen-bond acceptors (Lipinski definition) is 4. The molecular weight excluding hydrogens is 204 g/mol. The lowest BCUT2D eigenvalue weighted by Crippen LogP contribution is -2.48. The van der Waals surface area contributed by atoms with E-state index in [4.69, 9.17) is 4.74 Å². The molecule has 0 radical (unpaired) electrons. The Bertz CT molecular complexity index is 249. The van der Waals surface area contributed by atoms with Crippen LogP contribution in [0.1, 0.15) is 19.3 Å². The van der Waals surface area contributed by atoms with E-state index in [2.05, 4.69) is 16.8 Å². The summed E-state index contributed by atoms with van der Waals surface area (Å²) in [5.74, 6) is 0.131. The minimum absolute atomic E-state index is 0.0170. The van der Waals surface area contributed by atoms with E-state index < -0.39 is 0 Å². The monoisotopic (exact) mass is 226 g/mol. The van der Waals surface area contributed by atoms with Crippen molar-refractivity contribution < 1.29 is 9.53 Å². The predicted octanol–water partition coefficient (Wildman–Crippen LogP) is 0.575. The van der Waals surface area contributed by atoms with Crippen LogP contribution >= 0.6 is 0 Å². The van der Waals surface area contributed by atoms with Crippen molar-refractivity contribution in [3.05, 3.63) is 0 Å². The van der Waals surface area contributed by atoms with E-state index in [0.717, 1.165) is 45.4 Å². The number of methoxy groups -OCH3 is 1. The van der Waals surface area contributed by atoms with Crippen molar-refractivity contribution in [1.29, 1.82) is 0 Å². The first-order chi connectivity index (χ1) is 7.70. The number of esters is 1. The van der Waals surface area contributed by atoms with Crippen LogP contribution in [0.15, 0.2) is 0 Å². The molecule has 0 spiro atoms. The summed E-state index contributed by atoms with van der Waals surface area (Å²) in [6.45, 7) is 4.60. The number of carbonyl (C=O) groups excluding carboxylic acids is 1. The fraction of sp³-hybridized carbons (Fsp3) is 0.917. The number of ether oxygens (including phenoxy) is 1. The number of likely N-dealkylation sites (N-methyl/N-ethyl adjacent to an activating group) is 1. The van der Waals surface area contributed by atoms with E-state index in [9.17, 15) is 4.79 Å². The van der Waals surface area contributed by atoms with Crippen LogP contribution < -0.4 is 0 Å². The third-order valence-corrected chi connectivity index (χ3v) is 3.99. The van der Waals surface area contributed by atoms with Crippen LogP contribution in [0.5, 0.6) is 0 Å². The number of nitrogens with zero attached hydrogens (tertiary/aromatic N) is 2. The van der Waals surface area contributed by atoms with Gasteiger partial charge in [-0.2, -0.15) is 0 Å². The topological polar surface area (TPSA) is 32.8 Å². The van der Waals surface area contributed by atoms with E-state index >= 15 is 0 Å². The maximum absolute atomic E-state index is 11.4. The van der Waals surface area contributed by atoms with Gasteiger partial charge in [0.05, 0.1) is 13.0 Å². The molecule has 0 aromatic carbocycles. The maximum atomic E-state index is 11.4. The third kappa shape index (κ3) is 2.55. The van der Waals surface area contributed by atoms with Gasteiger partial charge in [-0.25, -0.2) is 0 Å². The summed E-state index contributed by atoms with van der Waals surface area (Å²) in [6, 6.07) is 0.609. The van der Waals surface area contributed by atoms with E-state index in [-0.39, 0.29) is 11.9 Å². The second-order valence-corrected chi connectivity index (χ2v) is 5.03. The molecule has 1 aliphatic carbocycles. The Labute approximate surface area is 97.5 Å². The van der Waals surface area contributed by atoms with Crippen LogP contribution in [0.4, 0.5) is 0 Å². The molecule has 2 rings (SSSR count). The van der Waals surface area contributed by atoms with E-state index in [1.807, 2.05) is 0 Å². The van der Waals surface area contributed by atoms with Crippen LogP contribution in [0.25, 0.3) is 0 Å². The molecule has 2 unspecified atom stereocenters. The van der Waals surface area contributed by atoms with Crippen molar-refractivity contribution in [2.24, 2.45) is 5.92 Å². The van der Waals surface area contributed by atoms with Gasteiger partial charge in [0.1, 0.15) is 0 Å². The quantitative estimate of drug-likeness (QED) is 0.645. The first-order valence-electron chi connectivity index (χ1n) is 6.21. The molecule has 1 saturated heterocycles. The zero-order valence-corrected chi connectivity index (χ0v) is 10.3. The first-order valence-corrected chi connectivity index (χ1v) is 6.21. The molecule has 92 valence electrons. The maximum Gasteiger partial charge on any atom is 0.308 e. The van der Waals surface area contributed by atoms with Crippen LogP contribution in [0, 0.1) is 5.92 Å². The average Bonchev–Trinajstić information content (AvgIpc) is 2.78. The van der Waals surface area contributed by atoms with Crippen LogP contribution in [0.2, 0.25) is 0 Å². The first kappa shape index (κ1) is 11.9. The number of hydrogen-bond donors (Lipinski definition) is 0. The lowest BCUT2D eigenvalue weighted by Gasteiger charge is -2.36. The van der Waals surface area contributed by atoms with Crippen molar-refractivity contribution in [3.63, 3.8) is 0 Å². The molecule has 2 fully saturated rings. The standard InChI is InChI=1S/C12H22N2O2/c1-13-5-7-14(8-6-13)11-4-3-10(9-11)12(15)16-2/h10-11H,3-9H2,1-2H3. The highest BCUT2D eigenvalue weighted by molar-refractivity contribution is 5.72. The molecule has 1 aliphatic heterocycles. The summed E-state index contributed by atoms with van der Waals surface area (Å²) < 4.78 is 4.82. The molecule has 1 saturated carbocycles. The number of carbonyl (C=O) groups is 1. The molecular formula is C12H22N2O2. The van der Waals surface area contributed by atoms with Crippen molar-refractivity contribution in [2.45, 2.75) is 25.3 Å². The molecule has 1 heterocycles. The Morgan fingerprint density at radius 3 is 2.50 bits per heavy atom. The summed E-state index contributed by atoms with van der Waals surface area (Å²) in [6.07, 6.45) is 3.16. The molecule has 2 aliphatic rings. The van der Waals surface area contributed by atoms with E-state index in [1.165, 1.54) is 7.11 Å². The summed E-state index contributed by atoms with van der Waals surface area (Å²) in [5, 5.41) is 0. The second-order valence-electron chi connectivity index (χ2n) is 5.03. The minimum Gasteiger partial charge on any atom is -0.469 e. The van der Waals surface area contributed by atoms with Crippen LogP contribution in [-0.4, -0.2) is 62.1 Å². The van der Waals surface area contributed by atoms with Gasteiger partial charge in [-0.15, -0.1) is 0 Å². The molecule has 4 nitrogen and oxygen atoms in total. The molecule has 16 heavy (non-hydrogen) atoms. The molecule has 4 heteroatoms. The smallest absolute Gasteiger partial charge is 0.308 e. The lowest BCUT2D eigenvalue weighted by molar-refractivity contribution is -0.145. The average molecular weight is 226 g/mol. The van der Waals surface area contributed by atoms with Gasteiger partial charge >= 0.3 is 5.97 Å². The molecule has 0 aromatic heterocycles. The number of piperazine rings is 1. The predicted molar refractivity (Wildman–Crippen MR) is 62.2 cm³/mol. The summed E-state index contributed by atoms with van der Waals surface area (Å²) >= 11 is 0. The SMILES string of the molecule is COC(=O)C1CCC(N2CCN(C)CC2)C1. The molecule has 0 bridgehead atoms. The van der Waals surface area contributed by atoms with Gasteiger partial charge in [-0.1, -0.05) is 0 Å². The van der Waals surface area contributed by atoms with E-state index in [0.29, 0.717) is 6.04 Å². The van der Waals surface area contributed by atoms with Crippen molar-refractivity contribution in [3.8, 4) is 0 Å². The second kappa shape index (κ2) is 5.15. The zero-order valence-electron chi connectivity index (χ0n) is 10.3. The van der Waals surface area contributed by atoms with Crippen LogP contribution in [0.3, 0.4) is 0 Å². The van der Waals surface area contributed by atoms with Gasteiger partial charge in [0, 0.05) is 32.2 Å². The fourth-order valence-corrected chi connectivity index (χ4v) is 2.86. The van der Waals surface area contributed by atoms with Crippen molar-refractivity contribution in [2.75, 3.05) is 40.3 Å².